The van der Waals surface area contributed by atoms with Crippen LogP contribution in [0, 0.1) is 5.92 Å². The molecule has 1 aliphatic rings. The van der Waals surface area contributed by atoms with E-state index in [2.05, 4.69) is 39.9 Å². The van der Waals surface area contributed by atoms with Crippen molar-refractivity contribution in [3.63, 3.8) is 0 Å². The standard InChI is InChI=1S/C14H21BrN2O/c1-10-5-6-17(9-10)13(8-16)11-3-4-14(18-2)12(15)7-11/h3-4,7,10,13H,5-6,8-9,16H2,1-2H3. The van der Waals surface area contributed by atoms with Gasteiger partial charge in [-0.25, -0.2) is 0 Å². The minimum Gasteiger partial charge on any atom is -0.496 e. The van der Waals surface area contributed by atoms with Gasteiger partial charge in [0.1, 0.15) is 5.75 Å². The Hall–Kier alpha value is -0.580. The van der Waals surface area contributed by atoms with Crippen molar-refractivity contribution < 1.29 is 4.74 Å². The molecule has 0 saturated carbocycles. The van der Waals surface area contributed by atoms with Crippen molar-refractivity contribution in [1.29, 1.82) is 0 Å². The summed E-state index contributed by atoms with van der Waals surface area (Å²) in [6.45, 7) is 5.25. The summed E-state index contributed by atoms with van der Waals surface area (Å²) in [4.78, 5) is 2.49. The third-order valence-electron chi connectivity index (χ3n) is 3.68. The van der Waals surface area contributed by atoms with E-state index < -0.39 is 0 Å². The van der Waals surface area contributed by atoms with Gasteiger partial charge in [-0.15, -0.1) is 0 Å². The Morgan fingerprint density at radius 2 is 2.33 bits per heavy atom. The number of ether oxygens (including phenoxy) is 1. The molecule has 0 bridgehead atoms. The maximum atomic E-state index is 5.96. The van der Waals surface area contributed by atoms with E-state index in [0.29, 0.717) is 12.6 Å². The van der Waals surface area contributed by atoms with E-state index in [9.17, 15) is 0 Å². The Balaban J connectivity index is 2.19. The van der Waals surface area contributed by atoms with Crippen molar-refractivity contribution in [3.8, 4) is 5.75 Å². The first-order valence-corrected chi connectivity index (χ1v) is 7.22. The zero-order valence-electron chi connectivity index (χ0n) is 11.0. The lowest BCUT2D eigenvalue weighted by molar-refractivity contribution is 0.243. The summed E-state index contributed by atoms with van der Waals surface area (Å²) in [5, 5.41) is 0. The van der Waals surface area contributed by atoms with E-state index in [-0.39, 0.29) is 0 Å². The van der Waals surface area contributed by atoms with Gasteiger partial charge < -0.3 is 10.5 Å². The second kappa shape index (κ2) is 6.04. The molecular formula is C14H21BrN2O. The van der Waals surface area contributed by atoms with Crippen molar-refractivity contribution in [2.24, 2.45) is 11.7 Å². The molecule has 2 N–H and O–H groups in total. The van der Waals surface area contributed by atoms with Gasteiger partial charge in [-0.05, 0) is 52.5 Å². The van der Waals surface area contributed by atoms with Crippen LogP contribution < -0.4 is 10.5 Å². The van der Waals surface area contributed by atoms with Crippen LogP contribution in [0.2, 0.25) is 0 Å². The summed E-state index contributed by atoms with van der Waals surface area (Å²) in [7, 11) is 1.68. The minimum atomic E-state index is 0.317. The quantitative estimate of drug-likeness (QED) is 0.929. The minimum absolute atomic E-state index is 0.317. The molecule has 100 valence electrons. The van der Waals surface area contributed by atoms with E-state index >= 15 is 0 Å². The van der Waals surface area contributed by atoms with Crippen LogP contribution in [0.4, 0.5) is 0 Å². The molecule has 2 unspecified atom stereocenters. The molecule has 2 atom stereocenters. The van der Waals surface area contributed by atoms with E-state index in [1.807, 2.05) is 6.07 Å². The van der Waals surface area contributed by atoms with E-state index in [1.165, 1.54) is 12.0 Å². The molecule has 3 nitrogen and oxygen atoms in total. The van der Waals surface area contributed by atoms with E-state index in [4.69, 9.17) is 10.5 Å². The number of hydrogen-bond acceptors (Lipinski definition) is 3. The predicted octanol–water partition coefficient (Wildman–Crippen LogP) is 2.80. The largest absolute Gasteiger partial charge is 0.496 e. The molecule has 1 aromatic rings. The van der Waals surface area contributed by atoms with Crippen molar-refractivity contribution >= 4 is 15.9 Å². The smallest absolute Gasteiger partial charge is 0.133 e. The SMILES string of the molecule is COc1ccc(C(CN)N2CCC(C)C2)cc1Br. The van der Waals surface area contributed by atoms with E-state index in [0.717, 1.165) is 29.2 Å². The molecular weight excluding hydrogens is 292 g/mol. The van der Waals surface area contributed by atoms with Crippen LogP contribution in [0.5, 0.6) is 5.75 Å². The maximum Gasteiger partial charge on any atom is 0.133 e. The summed E-state index contributed by atoms with van der Waals surface area (Å²) in [6.07, 6.45) is 1.27. The van der Waals surface area contributed by atoms with Gasteiger partial charge >= 0.3 is 0 Å². The average molecular weight is 313 g/mol. The first-order chi connectivity index (χ1) is 8.65. The molecule has 18 heavy (non-hydrogen) atoms. The van der Waals surface area contributed by atoms with Crippen LogP contribution in [0.1, 0.15) is 24.9 Å². The molecule has 1 heterocycles. The number of nitrogens with two attached hydrogens (primary N) is 1. The second-order valence-corrected chi connectivity index (χ2v) is 5.89. The predicted molar refractivity (Wildman–Crippen MR) is 77.8 cm³/mol. The molecule has 0 radical (unpaired) electrons. The van der Waals surface area contributed by atoms with Crippen molar-refractivity contribution in [1.82, 2.24) is 4.90 Å². The molecule has 1 saturated heterocycles. The Labute approximate surface area is 117 Å². The van der Waals surface area contributed by atoms with Crippen LogP contribution >= 0.6 is 15.9 Å². The van der Waals surface area contributed by atoms with Gasteiger partial charge in [0.2, 0.25) is 0 Å². The van der Waals surface area contributed by atoms with Crippen LogP contribution in [0.3, 0.4) is 0 Å². The lowest BCUT2D eigenvalue weighted by Crippen LogP contribution is -2.31. The molecule has 0 spiro atoms. The van der Waals surface area contributed by atoms with Gasteiger partial charge in [-0.2, -0.15) is 0 Å². The fraction of sp³-hybridized carbons (Fsp3) is 0.571. The molecule has 1 aromatic carbocycles. The van der Waals surface area contributed by atoms with Crippen molar-refractivity contribution in [2.75, 3.05) is 26.7 Å². The molecule has 0 aromatic heterocycles. The zero-order valence-corrected chi connectivity index (χ0v) is 12.6. The summed E-state index contributed by atoms with van der Waals surface area (Å²) < 4.78 is 6.26. The molecule has 0 aliphatic carbocycles. The number of halogens is 1. The molecule has 4 heteroatoms. The number of rotatable bonds is 4. The molecule has 0 amide bonds. The monoisotopic (exact) mass is 312 g/mol. The third kappa shape index (κ3) is 2.87. The van der Waals surface area contributed by atoms with Crippen LogP contribution in [-0.4, -0.2) is 31.6 Å². The fourth-order valence-corrected chi connectivity index (χ4v) is 3.20. The highest BCUT2D eigenvalue weighted by molar-refractivity contribution is 9.10. The van der Waals surface area contributed by atoms with Crippen LogP contribution in [0.25, 0.3) is 0 Å². The lowest BCUT2D eigenvalue weighted by atomic mass is 10.1. The fourth-order valence-electron chi connectivity index (χ4n) is 2.64. The first-order valence-electron chi connectivity index (χ1n) is 6.43. The summed E-state index contributed by atoms with van der Waals surface area (Å²) in [5.74, 6) is 1.64. The summed E-state index contributed by atoms with van der Waals surface area (Å²) >= 11 is 3.54. The van der Waals surface area contributed by atoms with Gasteiger partial charge in [0.15, 0.2) is 0 Å². The maximum absolute atomic E-state index is 5.96. The summed E-state index contributed by atoms with van der Waals surface area (Å²) in [5.41, 5.74) is 7.23. The Morgan fingerprint density at radius 1 is 1.56 bits per heavy atom. The van der Waals surface area contributed by atoms with Gasteiger partial charge in [0.25, 0.3) is 0 Å². The number of methoxy groups -OCH3 is 1. The molecule has 1 fully saturated rings. The van der Waals surface area contributed by atoms with Crippen molar-refractivity contribution in [2.45, 2.75) is 19.4 Å². The Kier molecular flexibility index (Phi) is 4.65. The van der Waals surface area contributed by atoms with Gasteiger partial charge in [0, 0.05) is 19.1 Å². The number of likely N-dealkylation sites (tertiary alicyclic amines) is 1. The normalized spacial score (nSPS) is 22.1. The Morgan fingerprint density at radius 3 is 2.83 bits per heavy atom. The molecule has 1 aliphatic heterocycles. The molecule has 2 rings (SSSR count). The Bertz CT molecular complexity index is 411. The number of nitrogens with zero attached hydrogens (tertiary/aromatic N) is 1. The van der Waals surface area contributed by atoms with Gasteiger partial charge in [-0.1, -0.05) is 13.0 Å². The van der Waals surface area contributed by atoms with Crippen molar-refractivity contribution in [3.05, 3.63) is 28.2 Å². The van der Waals surface area contributed by atoms with Crippen LogP contribution in [-0.2, 0) is 0 Å². The second-order valence-electron chi connectivity index (χ2n) is 5.03. The number of hydrogen-bond donors (Lipinski definition) is 1. The van der Waals surface area contributed by atoms with E-state index in [1.54, 1.807) is 7.11 Å². The lowest BCUT2D eigenvalue weighted by Gasteiger charge is -2.27. The van der Waals surface area contributed by atoms with Crippen LogP contribution in [0.15, 0.2) is 22.7 Å². The zero-order chi connectivity index (χ0) is 13.1. The van der Waals surface area contributed by atoms with Gasteiger partial charge in [0.05, 0.1) is 11.6 Å². The highest BCUT2D eigenvalue weighted by atomic mass is 79.9. The number of benzene rings is 1. The third-order valence-corrected chi connectivity index (χ3v) is 4.30. The first kappa shape index (κ1) is 13.8. The highest BCUT2D eigenvalue weighted by Gasteiger charge is 2.26. The van der Waals surface area contributed by atoms with Gasteiger partial charge in [-0.3, -0.25) is 4.90 Å². The topological polar surface area (TPSA) is 38.5 Å². The summed E-state index contributed by atoms with van der Waals surface area (Å²) in [6, 6.07) is 6.56. The highest BCUT2D eigenvalue weighted by Crippen LogP contribution is 2.32. The average Bonchev–Trinajstić information content (AvgIpc) is 2.77.